The average Bonchev–Trinajstić information content (AvgIpc) is 3.44. The number of aromatic nitrogens is 2. The molecule has 2 aliphatic heterocycles. The Balaban J connectivity index is 1.22. The minimum Gasteiger partial charge on any atom is -0.338 e. The fourth-order valence-corrected chi connectivity index (χ4v) is 4.80. The van der Waals surface area contributed by atoms with Gasteiger partial charge >= 0.3 is 0 Å². The zero-order valence-corrected chi connectivity index (χ0v) is 20.7. The molecule has 1 atom stereocenters. The Hall–Kier alpha value is -3.85. The van der Waals surface area contributed by atoms with Gasteiger partial charge in [0, 0.05) is 31.7 Å². The van der Waals surface area contributed by atoms with Crippen molar-refractivity contribution < 1.29 is 18.9 Å². The highest BCUT2D eigenvalue weighted by Crippen LogP contribution is 2.28. The monoisotopic (exact) mass is 487 g/mol. The van der Waals surface area contributed by atoms with E-state index in [9.17, 15) is 14.4 Å². The summed E-state index contributed by atoms with van der Waals surface area (Å²) in [6.45, 7) is 8.48. The van der Waals surface area contributed by atoms with Crippen LogP contribution in [0, 0.1) is 12.8 Å². The van der Waals surface area contributed by atoms with Gasteiger partial charge in [-0.2, -0.15) is 4.98 Å². The Labute approximate surface area is 209 Å². The first-order chi connectivity index (χ1) is 17.3. The molecule has 9 heteroatoms. The number of fused-ring (bicyclic) bond motifs is 1. The summed E-state index contributed by atoms with van der Waals surface area (Å²) in [5.41, 5.74) is 2.78. The number of piperazine rings is 1. The molecule has 1 saturated heterocycles. The molecule has 2 aromatic carbocycles. The fourth-order valence-electron chi connectivity index (χ4n) is 4.80. The maximum atomic E-state index is 13.5. The average molecular weight is 488 g/mol. The van der Waals surface area contributed by atoms with Crippen LogP contribution in [0.1, 0.15) is 46.0 Å². The number of amides is 3. The maximum absolute atomic E-state index is 13.5. The summed E-state index contributed by atoms with van der Waals surface area (Å²) in [5.74, 6) is -0.130. The molecule has 5 rings (SSSR count). The molecule has 3 aromatic rings. The van der Waals surface area contributed by atoms with Crippen LogP contribution >= 0.6 is 0 Å². The minimum absolute atomic E-state index is 0.196. The lowest BCUT2D eigenvalue weighted by atomic mass is 10.0. The van der Waals surface area contributed by atoms with Crippen LogP contribution in [-0.2, 0) is 11.3 Å². The van der Waals surface area contributed by atoms with Crippen molar-refractivity contribution in [3.8, 4) is 11.4 Å². The number of hydrogen-bond acceptors (Lipinski definition) is 7. The maximum Gasteiger partial charge on any atom is 0.262 e. The van der Waals surface area contributed by atoms with E-state index in [1.807, 2.05) is 45.0 Å². The van der Waals surface area contributed by atoms with Gasteiger partial charge in [0.05, 0.1) is 17.7 Å². The molecule has 36 heavy (non-hydrogen) atoms. The van der Waals surface area contributed by atoms with Crippen molar-refractivity contribution in [1.82, 2.24) is 24.8 Å². The van der Waals surface area contributed by atoms with Gasteiger partial charge in [-0.05, 0) is 25.0 Å². The summed E-state index contributed by atoms with van der Waals surface area (Å²) in [4.78, 5) is 49.1. The molecular weight excluding hydrogens is 458 g/mol. The van der Waals surface area contributed by atoms with Gasteiger partial charge in [-0.3, -0.25) is 24.2 Å². The van der Waals surface area contributed by atoms with Crippen LogP contribution in [0.5, 0.6) is 0 Å². The van der Waals surface area contributed by atoms with Crippen LogP contribution in [0.4, 0.5) is 0 Å². The zero-order valence-electron chi connectivity index (χ0n) is 20.7. The third-order valence-electron chi connectivity index (χ3n) is 6.81. The molecule has 9 nitrogen and oxygen atoms in total. The second-order valence-corrected chi connectivity index (χ2v) is 9.69. The normalized spacial score (nSPS) is 17.1. The van der Waals surface area contributed by atoms with E-state index >= 15 is 0 Å². The van der Waals surface area contributed by atoms with Crippen LogP contribution < -0.4 is 0 Å². The van der Waals surface area contributed by atoms with Gasteiger partial charge in [-0.1, -0.05) is 61.0 Å². The van der Waals surface area contributed by atoms with Gasteiger partial charge in [0.15, 0.2) is 0 Å². The number of carbonyl (C=O) groups excluding carboxylic acids is 3. The van der Waals surface area contributed by atoms with Crippen LogP contribution in [0.25, 0.3) is 11.4 Å². The van der Waals surface area contributed by atoms with Gasteiger partial charge in [-0.25, -0.2) is 0 Å². The van der Waals surface area contributed by atoms with Crippen molar-refractivity contribution in [2.75, 3.05) is 26.2 Å². The van der Waals surface area contributed by atoms with Crippen molar-refractivity contribution >= 4 is 17.7 Å². The smallest absolute Gasteiger partial charge is 0.262 e. The quantitative estimate of drug-likeness (QED) is 0.493. The molecule has 1 fully saturated rings. The Bertz CT molecular complexity index is 1260. The summed E-state index contributed by atoms with van der Waals surface area (Å²) >= 11 is 0. The Kier molecular flexibility index (Phi) is 6.40. The van der Waals surface area contributed by atoms with Crippen molar-refractivity contribution in [3.05, 3.63) is 71.1 Å². The van der Waals surface area contributed by atoms with Crippen LogP contribution in [-0.4, -0.2) is 74.8 Å². The second-order valence-electron chi connectivity index (χ2n) is 9.69. The van der Waals surface area contributed by atoms with Crippen molar-refractivity contribution in [2.24, 2.45) is 5.92 Å². The van der Waals surface area contributed by atoms with Gasteiger partial charge in [0.2, 0.25) is 17.6 Å². The van der Waals surface area contributed by atoms with E-state index < -0.39 is 17.9 Å². The summed E-state index contributed by atoms with van der Waals surface area (Å²) in [6.07, 6.45) is 0. The van der Waals surface area contributed by atoms with Gasteiger partial charge in [0.25, 0.3) is 11.8 Å². The zero-order chi connectivity index (χ0) is 25.4. The van der Waals surface area contributed by atoms with E-state index in [4.69, 9.17) is 4.52 Å². The molecule has 1 aromatic heterocycles. The highest BCUT2D eigenvalue weighted by atomic mass is 16.5. The van der Waals surface area contributed by atoms with Gasteiger partial charge in [0.1, 0.15) is 6.04 Å². The molecule has 0 radical (unpaired) electrons. The number of carbonyl (C=O) groups is 3. The predicted octanol–water partition coefficient (Wildman–Crippen LogP) is 3.01. The molecule has 3 amide bonds. The van der Waals surface area contributed by atoms with Crippen molar-refractivity contribution in [2.45, 2.75) is 33.4 Å². The lowest BCUT2D eigenvalue weighted by Gasteiger charge is -2.38. The largest absolute Gasteiger partial charge is 0.338 e. The first kappa shape index (κ1) is 23.9. The minimum atomic E-state index is -0.836. The number of nitrogens with zero attached hydrogens (tertiary/aromatic N) is 5. The highest BCUT2D eigenvalue weighted by Gasteiger charge is 2.45. The lowest BCUT2D eigenvalue weighted by Crippen LogP contribution is -2.57. The summed E-state index contributed by atoms with van der Waals surface area (Å²) in [7, 11) is 0. The first-order valence-corrected chi connectivity index (χ1v) is 12.2. The number of aryl methyl sites for hydroxylation is 1. The van der Waals surface area contributed by atoms with Crippen molar-refractivity contribution in [3.63, 3.8) is 0 Å². The van der Waals surface area contributed by atoms with E-state index in [-0.39, 0.29) is 11.8 Å². The third-order valence-corrected chi connectivity index (χ3v) is 6.81. The van der Waals surface area contributed by atoms with E-state index in [2.05, 4.69) is 15.0 Å². The van der Waals surface area contributed by atoms with E-state index in [1.54, 1.807) is 29.2 Å². The van der Waals surface area contributed by atoms with E-state index in [1.165, 1.54) is 0 Å². The predicted molar refractivity (Wildman–Crippen MR) is 132 cm³/mol. The highest BCUT2D eigenvalue weighted by molar-refractivity contribution is 6.22. The van der Waals surface area contributed by atoms with Crippen LogP contribution in [0.3, 0.4) is 0 Å². The van der Waals surface area contributed by atoms with E-state index in [0.29, 0.717) is 55.6 Å². The number of imide groups is 1. The summed E-state index contributed by atoms with van der Waals surface area (Å²) in [5, 5.41) is 4.10. The van der Waals surface area contributed by atoms with E-state index in [0.717, 1.165) is 16.0 Å². The molecule has 0 bridgehead atoms. The molecule has 0 N–H and O–H groups in total. The van der Waals surface area contributed by atoms with Crippen LogP contribution in [0.15, 0.2) is 53.1 Å². The Morgan fingerprint density at radius 1 is 0.944 bits per heavy atom. The molecular formula is C27H29N5O4. The fraction of sp³-hybridized carbons (Fsp3) is 0.370. The number of rotatable bonds is 6. The first-order valence-electron chi connectivity index (χ1n) is 12.2. The molecule has 0 saturated carbocycles. The molecule has 186 valence electrons. The lowest BCUT2D eigenvalue weighted by molar-refractivity contribution is -0.138. The van der Waals surface area contributed by atoms with Gasteiger partial charge < -0.3 is 9.42 Å². The number of hydrogen-bond donors (Lipinski definition) is 0. The topological polar surface area (TPSA) is 99.9 Å². The summed E-state index contributed by atoms with van der Waals surface area (Å²) in [6, 6.07) is 13.8. The second kappa shape index (κ2) is 9.66. The Morgan fingerprint density at radius 2 is 1.56 bits per heavy atom. The number of benzene rings is 2. The van der Waals surface area contributed by atoms with Crippen LogP contribution in [0.2, 0.25) is 0 Å². The van der Waals surface area contributed by atoms with Crippen molar-refractivity contribution in [1.29, 1.82) is 0 Å². The SMILES string of the molecule is Cc1ccc(-c2noc(CN3CCN(C(=O)C(C(C)C)N4C(=O)c5ccccc5C4=O)CC3)n2)cc1. The molecule has 1 unspecified atom stereocenters. The standard InChI is InChI=1S/C27H29N5O4/c1-17(2)23(32-25(33)20-6-4-5-7-21(20)26(32)34)27(35)31-14-12-30(13-15-31)16-22-28-24(29-36-22)19-10-8-18(3)9-11-19/h4-11,17,23H,12-16H2,1-3H3. The Morgan fingerprint density at radius 3 is 2.14 bits per heavy atom. The molecule has 0 spiro atoms. The molecule has 0 aliphatic carbocycles. The molecule has 2 aliphatic rings. The van der Waals surface area contributed by atoms with Gasteiger partial charge in [-0.15, -0.1) is 0 Å². The summed E-state index contributed by atoms with van der Waals surface area (Å²) < 4.78 is 5.45. The third kappa shape index (κ3) is 4.42. The molecule has 3 heterocycles.